The Bertz CT molecular complexity index is 515. The van der Waals surface area contributed by atoms with Crippen LogP contribution in [0.1, 0.15) is 12.0 Å². The number of rotatable bonds is 5. The normalized spacial score (nSPS) is 11.3. The summed E-state index contributed by atoms with van der Waals surface area (Å²) < 4.78 is 0. The van der Waals surface area contributed by atoms with Crippen LogP contribution in [0.15, 0.2) is 24.3 Å². The number of terminal acetylenes is 1. The van der Waals surface area contributed by atoms with E-state index in [2.05, 4.69) is 11.2 Å². The molecule has 3 N–H and O–H groups in total. The van der Waals surface area contributed by atoms with Gasteiger partial charge < -0.3 is 16.0 Å². The van der Waals surface area contributed by atoms with Crippen molar-refractivity contribution >= 4 is 17.5 Å². The van der Waals surface area contributed by atoms with Gasteiger partial charge in [0.05, 0.1) is 12.5 Å². The van der Waals surface area contributed by atoms with E-state index in [4.69, 9.17) is 12.2 Å². The monoisotopic (exact) mass is 273 g/mol. The fourth-order valence-corrected chi connectivity index (χ4v) is 1.49. The van der Waals surface area contributed by atoms with E-state index >= 15 is 0 Å². The van der Waals surface area contributed by atoms with Crippen molar-refractivity contribution in [3.8, 4) is 12.3 Å². The first-order valence-electron chi connectivity index (χ1n) is 6.23. The van der Waals surface area contributed by atoms with E-state index < -0.39 is 6.04 Å². The van der Waals surface area contributed by atoms with Crippen molar-refractivity contribution in [1.82, 2.24) is 4.90 Å². The molecule has 0 radical (unpaired) electrons. The Morgan fingerprint density at radius 2 is 1.95 bits per heavy atom. The van der Waals surface area contributed by atoms with Crippen LogP contribution in [0.5, 0.6) is 0 Å². The van der Waals surface area contributed by atoms with Gasteiger partial charge in [-0.25, -0.2) is 0 Å². The van der Waals surface area contributed by atoms with Gasteiger partial charge in [-0.2, -0.15) is 0 Å². The SMILES string of the molecule is C#CCC(N)C(=O)Nc1ccc(CC(=O)N(C)C)cc1. The second kappa shape index (κ2) is 7.31. The zero-order valence-electron chi connectivity index (χ0n) is 11.7. The minimum atomic E-state index is -0.713. The van der Waals surface area contributed by atoms with Crippen LogP contribution in [0, 0.1) is 12.3 Å². The van der Waals surface area contributed by atoms with Crippen molar-refractivity contribution < 1.29 is 9.59 Å². The molecule has 5 nitrogen and oxygen atoms in total. The molecular formula is C15H19N3O2. The standard InChI is InChI=1S/C15H19N3O2/c1-4-5-13(16)15(20)17-12-8-6-11(7-9-12)10-14(19)18(2)3/h1,6-9,13H,5,10,16H2,2-3H3,(H,17,20). The molecular weight excluding hydrogens is 254 g/mol. The molecule has 0 aliphatic rings. The van der Waals surface area contributed by atoms with Gasteiger partial charge in [-0.15, -0.1) is 12.3 Å². The molecule has 0 aliphatic carbocycles. The largest absolute Gasteiger partial charge is 0.349 e. The second-order valence-electron chi connectivity index (χ2n) is 4.67. The zero-order chi connectivity index (χ0) is 15.1. The van der Waals surface area contributed by atoms with Crippen LogP contribution in [0.25, 0.3) is 0 Å². The van der Waals surface area contributed by atoms with Gasteiger partial charge in [-0.3, -0.25) is 9.59 Å². The van der Waals surface area contributed by atoms with Gasteiger partial charge in [0, 0.05) is 26.2 Å². The highest BCUT2D eigenvalue weighted by Crippen LogP contribution is 2.11. The molecule has 106 valence electrons. The Morgan fingerprint density at radius 3 is 2.45 bits per heavy atom. The van der Waals surface area contributed by atoms with Crippen LogP contribution in [0.3, 0.4) is 0 Å². The maximum Gasteiger partial charge on any atom is 0.242 e. The lowest BCUT2D eigenvalue weighted by Gasteiger charge is -2.12. The molecule has 0 saturated carbocycles. The minimum absolute atomic E-state index is 0.0258. The average Bonchev–Trinajstić information content (AvgIpc) is 2.41. The highest BCUT2D eigenvalue weighted by molar-refractivity contribution is 5.94. The van der Waals surface area contributed by atoms with Gasteiger partial charge in [0.2, 0.25) is 11.8 Å². The average molecular weight is 273 g/mol. The molecule has 20 heavy (non-hydrogen) atoms. The number of nitrogens with one attached hydrogen (secondary N) is 1. The molecule has 2 amide bonds. The Hall–Kier alpha value is -2.32. The van der Waals surface area contributed by atoms with Crippen molar-refractivity contribution in [2.75, 3.05) is 19.4 Å². The van der Waals surface area contributed by atoms with Crippen LogP contribution < -0.4 is 11.1 Å². The summed E-state index contributed by atoms with van der Waals surface area (Å²) in [5, 5.41) is 2.67. The number of amides is 2. The summed E-state index contributed by atoms with van der Waals surface area (Å²) in [4.78, 5) is 24.8. The summed E-state index contributed by atoms with van der Waals surface area (Å²) in [5.74, 6) is 2.05. The number of anilines is 1. The van der Waals surface area contributed by atoms with Crippen molar-refractivity contribution in [3.05, 3.63) is 29.8 Å². The van der Waals surface area contributed by atoms with Crippen LogP contribution in [0.2, 0.25) is 0 Å². The van der Waals surface area contributed by atoms with Gasteiger partial charge >= 0.3 is 0 Å². The molecule has 0 fully saturated rings. The molecule has 1 rings (SSSR count). The lowest BCUT2D eigenvalue weighted by molar-refractivity contribution is -0.128. The number of carbonyl (C=O) groups is 2. The summed E-state index contributed by atoms with van der Waals surface area (Å²) in [6.07, 6.45) is 5.63. The van der Waals surface area contributed by atoms with Crippen molar-refractivity contribution in [2.24, 2.45) is 5.73 Å². The Kier molecular flexibility index (Phi) is 5.75. The minimum Gasteiger partial charge on any atom is -0.349 e. The number of nitrogens with two attached hydrogens (primary N) is 1. The number of hydrogen-bond donors (Lipinski definition) is 2. The quantitative estimate of drug-likeness (QED) is 0.772. The van der Waals surface area contributed by atoms with Crippen molar-refractivity contribution in [1.29, 1.82) is 0 Å². The summed E-state index contributed by atoms with van der Waals surface area (Å²) in [5.41, 5.74) is 7.11. The third-order valence-electron chi connectivity index (χ3n) is 2.75. The van der Waals surface area contributed by atoms with E-state index in [1.54, 1.807) is 38.4 Å². The first kappa shape index (κ1) is 15.7. The van der Waals surface area contributed by atoms with Crippen LogP contribution in [0.4, 0.5) is 5.69 Å². The van der Waals surface area contributed by atoms with Crippen LogP contribution >= 0.6 is 0 Å². The third kappa shape index (κ3) is 4.75. The highest BCUT2D eigenvalue weighted by atomic mass is 16.2. The molecule has 1 aromatic rings. The van der Waals surface area contributed by atoms with Gasteiger partial charge in [0.15, 0.2) is 0 Å². The summed E-state index contributed by atoms with van der Waals surface area (Å²) >= 11 is 0. The molecule has 0 heterocycles. The molecule has 1 unspecified atom stereocenters. The summed E-state index contributed by atoms with van der Waals surface area (Å²) in [7, 11) is 3.42. The maximum atomic E-state index is 11.7. The van der Waals surface area contributed by atoms with Gasteiger partial charge in [-0.1, -0.05) is 12.1 Å². The lowest BCUT2D eigenvalue weighted by atomic mass is 10.1. The van der Waals surface area contributed by atoms with E-state index in [-0.39, 0.29) is 18.2 Å². The molecule has 5 heteroatoms. The van der Waals surface area contributed by atoms with Crippen molar-refractivity contribution in [2.45, 2.75) is 18.9 Å². The molecule has 0 aromatic heterocycles. The molecule has 0 spiro atoms. The lowest BCUT2D eigenvalue weighted by Crippen LogP contribution is -2.35. The van der Waals surface area contributed by atoms with Crippen LogP contribution in [-0.2, 0) is 16.0 Å². The Labute approximate surface area is 119 Å². The van der Waals surface area contributed by atoms with Crippen molar-refractivity contribution in [3.63, 3.8) is 0 Å². The number of likely N-dealkylation sites (N-methyl/N-ethyl adjacent to an activating group) is 1. The second-order valence-corrected chi connectivity index (χ2v) is 4.67. The predicted octanol–water partition coefficient (Wildman–Crippen LogP) is 0.606. The van der Waals surface area contributed by atoms with E-state index in [0.29, 0.717) is 12.1 Å². The van der Waals surface area contributed by atoms with E-state index in [1.165, 1.54) is 4.90 Å². The van der Waals surface area contributed by atoms with E-state index in [1.807, 2.05) is 0 Å². The maximum absolute atomic E-state index is 11.7. The molecule has 0 bridgehead atoms. The molecule has 1 atom stereocenters. The molecule has 0 aliphatic heterocycles. The van der Waals surface area contributed by atoms with Gasteiger partial charge in [-0.05, 0) is 17.7 Å². The molecule has 1 aromatic carbocycles. The Morgan fingerprint density at radius 1 is 1.35 bits per heavy atom. The Balaban J connectivity index is 2.61. The van der Waals surface area contributed by atoms with E-state index in [0.717, 1.165) is 5.56 Å². The first-order valence-corrected chi connectivity index (χ1v) is 6.23. The van der Waals surface area contributed by atoms with Crippen LogP contribution in [-0.4, -0.2) is 36.9 Å². The molecule has 0 saturated heterocycles. The first-order chi connectivity index (χ1) is 9.43. The summed E-state index contributed by atoms with van der Waals surface area (Å²) in [6, 6.07) is 6.35. The van der Waals surface area contributed by atoms with Gasteiger partial charge in [0.1, 0.15) is 0 Å². The fourth-order valence-electron chi connectivity index (χ4n) is 1.49. The van der Waals surface area contributed by atoms with E-state index in [9.17, 15) is 9.59 Å². The number of benzene rings is 1. The highest BCUT2D eigenvalue weighted by Gasteiger charge is 2.12. The number of hydrogen-bond acceptors (Lipinski definition) is 3. The number of nitrogens with zero attached hydrogens (tertiary/aromatic N) is 1. The topological polar surface area (TPSA) is 75.4 Å². The number of carbonyl (C=O) groups excluding carboxylic acids is 2. The predicted molar refractivity (Wildman–Crippen MR) is 78.9 cm³/mol. The third-order valence-corrected chi connectivity index (χ3v) is 2.75. The van der Waals surface area contributed by atoms with Gasteiger partial charge in [0.25, 0.3) is 0 Å². The fraction of sp³-hybridized carbons (Fsp3) is 0.333. The smallest absolute Gasteiger partial charge is 0.242 e. The zero-order valence-corrected chi connectivity index (χ0v) is 11.7. The summed E-state index contributed by atoms with van der Waals surface area (Å²) in [6.45, 7) is 0.